The van der Waals surface area contributed by atoms with Crippen LogP contribution in [-0.4, -0.2) is 43.7 Å². The number of carbonyl (C=O) groups is 2. The van der Waals surface area contributed by atoms with Gasteiger partial charge in [0.1, 0.15) is 0 Å². The molecular formula is C16H24N4O3. The van der Waals surface area contributed by atoms with Crippen LogP contribution in [0.1, 0.15) is 30.6 Å². The predicted octanol–water partition coefficient (Wildman–Crippen LogP) is 0.488. The largest absolute Gasteiger partial charge is 0.397 e. The third kappa shape index (κ3) is 4.13. The minimum Gasteiger partial charge on any atom is -0.397 e. The Morgan fingerprint density at radius 2 is 1.96 bits per heavy atom. The van der Waals surface area contributed by atoms with Gasteiger partial charge in [0.25, 0.3) is 5.91 Å². The summed E-state index contributed by atoms with van der Waals surface area (Å²) in [5.74, 6) is -0.719. The molecule has 5 N–H and O–H groups in total. The van der Waals surface area contributed by atoms with Crippen molar-refractivity contribution < 1.29 is 14.3 Å². The summed E-state index contributed by atoms with van der Waals surface area (Å²) in [5, 5.41) is 2.65. The fourth-order valence-electron chi connectivity index (χ4n) is 2.81. The van der Waals surface area contributed by atoms with E-state index in [1.807, 2.05) is 6.07 Å². The number of nitrogens with one attached hydrogen (secondary N) is 1. The first kappa shape index (κ1) is 17.1. The van der Waals surface area contributed by atoms with E-state index in [-0.39, 0.29) is 31.0 Å². The van der Waals surface area contributed by atoms with Gasteiger partial charge in [-0.25, -0.2) is 0 Å². The zero-order valence-corrected chi connectivity index (χ0v) is 13.5. The van der Waals surface area contributed by atoms with E-state index >= 15 is 0 Å². The Morgan fingerprint density at radius 3 is 2.52 bits per heavy atom. The number of rotatable bonds is 5. The maximum Gasteiger partial charge on any atom is 0.251 e. The molecule has 126 valence electrons. The van der Waals surface area contributed by atoms with Crippen molar-refractivity contribution in [3.8, 4) is 0 Å². The van der Waals surface area contributed by atoms with Crippen LogP contribution in [0.5, 0.6) is 0 Å². The average Bonchev–Trinajstić information content (AvgIpc) is 2.48. The van der Waals surface area contributed by atoms with Crippen LogP contribution in [0.2, 0.25) is 0 Å². The molecule has 2 rings (SSSR count). The molecule has 7 nitrogen and oxygen atoms in total. The summed E-state index contributed by atoms with van der Waals surface area (Å²) in [6, 6.07) is 5.69. The number of nitrogens with zero attached hydrogens (tertiary/aromatic N) is 1. The molecule has 2 amide bonds. The SMILES string of the molecule is CC1COCC(C)N1c1ccc(C(=O)NCCC(N)=O)cc1N. The van der Waals surface area contributed by atoms with Crippen LogP contribution in [-0.2, 0) is 9.53 Å². The van der Waals surface area contributed by atoms with Gasteiger partial charge in [-0.1, -0.05) is 0 Å². The van der Waals surface area contributed by atoms with E-state index in [2.05, 4.69) is 24.1 Å². The normalized spacial score (nSPS) is 21.0. The molecule has 1 aliphatic heterocycles. The third-order valence-corrected chi connectivity index (χ3v) is 3.89. The summed E-state index contributed by atoms with van der Waals surface area (Å²) < 4.78 is 5.53. The third-order valence-electron chi connectivity index (χ3n) is 3.89. The molecule has 2 unspecified atom stereocenters. The predicted molar refractivity (Wildman–Crippen MR) is 89.2 cm³/mol. The summed E-state index contributed by atoms with van der Waals surface area (Å²) >= 11 is 0. The maximum absolute atomic E-state index is 12.0. The molecule has 0 saturated carbocycles. The van der Waals surface area contributed by atoms with Gasteiger partial charge >= 0.3 is 0 Å². The molecule has 1 saturated heterocycles. The standard InChI is InChI=1S/C16H24N4O3/c1-10-8-23-9-11(2)20(10)14-4-3-12(7-13(14)17)16(22)19-6-5-15(18)21/h3-4,7,10-11H,5-6,8-9,17H2,1-2H3,(H2,18,21)(H,19,22). The lowest BCUT2D eigenvalue weighted by atomic mass is 10.1. The zero-order chi connectivity index (χ0) is 17.0. The Bertz CT molecular complexity index is 581. The van der Waals surface area contributed by atoms with Crippen LogP contribution >= 0.6 is 0 Å². The number of primary amides is 1. The molecule has 1 fully saturated rings. The van der Waals surface area contributed by atoms with Gasteiger partial charge in [-0.15, -0.1) is 0 Å². The monoisotopic (exact) mass is 320 g/mol. The van der Waals surface area contributed by atoms with Gasteiger partial charge in [-0.2, -0.15) is 0 Å². The maximum atomic E-state index is 12.0. The fraction of sp³-hybridized carbons (Fsp3) is 0.500. The van der Waals surface area contributed by atoms with E-state index < -0.39 is 5.91 Å². The summed E-state index contributed by atoms with van der Waals surface area (Å²) in [7, 11) is 0. The van der Waals surface area contributed by atoms with E-state index in [0.717, 1.165) is 5.69 Å². The molecule has 7 heteroatoms. The van der Waals surface area contributed by atoms with Crippen molar-refractivity contribution in [1.82, 2.24) is 5.32 Å². The molecule has 2 atom stereocenters. The lowest BCUT2D eigenvalue weighted by Gasteiger charge is -2.41. The van der Waals surface area contributed by atoms with Crippen molar-refractivity contribution in [2.75, 3.05) is 30.4 Å². The second-order valence-corrected chi connectivity index (χ2v) is 5.89. The lowest BCUT2D eigenvalue weighted by molar-refractivity contribution is -0.117. The molecule has 1 aromatic rings. The molecule has 1 aromatic carbocycles. The van der Waals surface area contributed by atoms with Crippen molar-refractivity contribution in [1.29, 1.82) is 0 Å². The van der Waals surface area contributed by atoms with Crippen molar-refractivity contribution >= 4 is 23.2 Å². The molecule has 0 radical (unpaired) electrons. The second kappa shape index (κ2) is 7.32. The highest BCUT2D eigenvalue weighted by Crippen LogP contribution is 2.30. The van der Waals surface area contributed by atoms with Gasteiger partial charge in [-0.05, 0) is 32.0 Å². The van der Waals surface area contributed by atoms with Gasteiger partial charge in [0.15, 0.2) is 0 Å². The summed E-state index contributed by atoms with van der Waals surface area (Å²) in [4.78, 5) is 24.9. The number of ether oxygens (including phenoxy) is 1. The first-order valence-corrected chi connectivity index (χ1v) is 7.72. The number of anilines is 2. The molecule has 0 bridgehead atoms. The quantitative estimate of drug-likeness (QED) is 0.684. The van der Waals surface area contributed by atoms with E-state index in [4.69, 9.17) is 16.2 Å². The van der Waals surface area contributed by atoms with Crippen LogP contribution < -0.4 is 21.7 Å². The van der Waals surface area contributed by atoms with Crippen molar-refractivity contribution in [3.05, 3.63) is 23.8 Å². The number of carbonyl (C=O) groups excluding carboxylic acids is 2. The van der Waals surface area contributed by atoms with Crippen molar-refractivity contribution in [3.63, 3.8) is 0 Å². The number of nitrogen functional groups attached to an aromatic ring is 1. The van der Waals surface area contributed by atoms with Crippen molar-refractivity contribution in [2.45, 2.75) is 32.4 Å². The van der Waals surface area contributed by atoms with Gasteiger partial charge < -0.3 is 26.4 Å². The van der Waals surface area contributed by atoms with E-state index in [1.165, 1.54) is 0 Å². The van der Waals surface area contributed by atoms with Gasteiger partial charge in [0.05, 0.1) is 24.6 Å². The Balaban J connectivity index is 2.11. The summed E-state index contributed by atoms with van der Waals surface area (Å²) in [5.41, 5.74) is 13.1. The smallest absolute Gasteiger partial charge is 0.251 e. The van der Waals surface area contributed by atoms with Crippen molar-refractivity contribution in [2.24, 2.45) is 5.73 Å². The molecule has 0 aromatic heterocycles. The highest BCUT2D eigenvalue weighted by Gasteiger charge is 2.27. The van der Waals surface area contributed by atoms with E-state index in [0.29, 0.717) is 24.5 Å². The van der Waals surface area contributed by atoms with Gasteiger partial charge in [0.2, 0.25) is 5.91 Å². The fourth-order valence-corrected chi connectivity index (χ4v) is 2.81. The number of hydrogen-bond acceptors (Lipinski definition) is 5. The second-order valence-electron chi connectivity index (χ2n) is 5.89. The number of amides is 2. The molecule has 0 aliphatic carbocycles. The highest BCUT2D eigenvalue weighted by molar-refractivity contribution is 5.96. The van der Waals surface area contributed by atoms with Crippen LogP contribution in [0.15, 0.2) is 18.2 Å². The molecule has 1 aliphatic rings. The average molecular weight is 320 g/mol. The van der Waals surface area contributed by atoms with Crippen LogP contribution in [0, 0.1) is 0 Å². The summed E-state index contributed by atoms with van der Waals surface area (Å²) in [6.45, 7) is 5.69. The number of nitrogens with two attached hydrogens (primary N) is 2. The zero-order valence-electron chi connectivity index (χ0n) is 13.5. The first-order chi connectivity index (χ1) is 10.9. The van der Waals surface area contributed by atoms with E-state index in [1.54, 1.807) is 12.1 Å². The molecule has 0 spiro atoms. The van der Waals surface area contributed by atoms with Gasteiger partial charge in [0, 0.05) is 30.6 Å². The summed E-state index contributed by atoms with van der Waals surface area (Å²) in [6.07, 6.45) is 0.113. The molecule has 23 heavy (non-hydrogen) atoms. The topological polar surface area (TPSA) is 111 Å². The Morgan fingerprint density at radius 1 is 1.30 bits per heavy atom. The number of hydrogen-bond donors (Lipinski definition) is 3. The minimum absolute atomic E-state index is 0.113. The van der Waals surface area contributed by atoms with E-state index in [9.17, 15) is 9.59 Å². The van der Waals surface area contributed by atoms with Crippen LogP contribution in [0.4, 0.5) is 11.4 Å². The Hall–Kier alpha value is -2.28. The number of morpholine rings is 1. The lowest BCUT2D eigenvalue weighted by Crippen LogP contribution is -2.50. The Labute approximate surface area is 136 Å². The van der Waals surface area contributed by atoms with Crippen LogP contribution in [0.3, 0.4) is 0 Å². The van der Waals surface area contributed by atoms with Gasteiger partial charge in [-0.3, -0.25) is 9.59 Å². The number of benzene rings is 1. The first-order valence-electron chi connectivity index (χ1n) is 7.72. The molecular weight excluding hydrogens is 296 g/mol. The molecule has 1 heterocycles. The highest BCUT2D eigenvalue weighted by atomic mass is 16.5. The minimum atomic E-state index is -0.449. The van der Waals surface area contributed by atoms with Crippen LogP contribution in [0.25, 0.3) is 0 Å². The Kier molecular flexibility index (Phi) is 5.44.